The zero-order valence-corrected chi connectivity index (χ0v) is 17.3. The number of rotatable bonds is 3. The first-order valence-corrected chi connectivity index (χ1v) is 11.2. The van der Waals surface area contributed by atoms with E-state index in [9.17, 15) is 4.79 Å². The maximum atomic E-state index is 12.7. The zero-order chi connectivity index (χ0) is 18.8. The molecule has 27 heavy (non-hydrogen) atoms. The van der Waals surface area contributed by atoms with Crippen molar-refractivity contribution in [1.29, 1.82) is 0 Å². The SMILES string of the molecule is Cc1sc2nc(C(C)N3CC4(CCC4)C3C3CCOCC3)[nH]c(=O)c2c1C. The fourth-order valence-electron chi connectivity index (χ4n) is 5.69. The molecule has 0 aromatic carbocycles. The van der Waals surface area contributed by atoms with Gasteiger partial charge in [0.1, 0.15) is 10.7 Å². The number of fused-ring (bicyclic) bond motifs is 1. The summed E-state index contributed by atoms with van der Waals surface area (Å²) in [6.45, 7) is 9.25. The van der Waals surface area contributed by atoms with E-state index >= 15 is 0 Å². The summed E-state index contributed by atoms with van der Waals surface area (Å²) in [4.78, 5) is 25.4. The summed E-state index contributed by atoms with van der Waals surface area (Å²) >= 11 is 1.64. The first-order valence-electron chi connectivity index (χ1n) is 10.3. The van der Waals surface area contributed by atoms with Crippen LogP contribution < -0.4 is 5.56 Å². The molecule has 1 saturated carbocycles. The van der Waals surface area contributed by atoms with E-state index in [1.54, 1.807) is 11.3 Å². The molecule has 2 saturated heterocycles. The van der Waals surface area contributed by atoms with Gasteiger partial charge in [-0.3, -0.25) is 9.69 Å². The van der Waals surface area contributed by atoms with Crippen LogP contribution in [-0.2, 0) is 4.74 Å². The van der Waals surface area contributed by atoms with Crippen molar-refractivity contribution in [3.63, 3.8) is 0 Å². The van der Waals surface area contributed by atoms with Gasteiger partial charge in [-0.15, -0.1) is 11.3 Å². The predicted molar refractivity (Wildman–Crippen MR) is 108 cm³/mol. The number of hydrogen-bond donors (Lipinski definition) is 1. The van der Waals surface area contributed by atoms with E-state index in [2.05, 4.69) is 23.7 Å². The first-order chi connectivity index (χ1) is 13.0. The summed E-state index contributed by atoms with van der Waals surface area (Å²) in [6.07, 6.45) is 6.44. The van der Waals surface area contributed by atoms with E-state index in [0.717, 1.165) is 47.3 Å². The quantitative estimate of drug-likeness (QED) is 0.867. The summed E-state index contributed by atoms with van der Waals surface area (Å²) in [6, 6.07) is 0.779. The summed E-state index contributed by atoms with van der Waals surface area (Å²) < 4.78 is 5.62. The van der Waals surface area contributed by atoms with E-state index in [-0.39, 0.29) is 11.6 Å². The van der Waals surface area contributed by atoms with Crippen molar-refractivity contribution in [2.45, 2.75) is 65.0 Å². The molecule has 0 bridgehead atoms. The second-order valence-electron chi connectivity index (χ2n) is 8.87. The normalized spacial score (nSPS) is 26.9. The number of likely N-dealkylation sites (tertiary alicyclic amines) is 1. The van der Waals surface area contributed by atoms with Crippen LogP contribution in [0.4, 0.5) is 0 Å². The molecule has 6 heteroatoms. The largest absolute Gasteiger partial charge is 0.381 e. The standard InChI is InChI=1S/C21H29N3O2S/c1-12-14(3)27-20-16(12)19(25)22-18(23-20)13(2)24-11-21(7-4-8-21)17(24)15-5-9-26-10-6-15/h13,15,17H,4-11H2,1-3H3,(H,22,23,25). The molecule has 2 aromatic heterocycles. The number of aromatic nitrogens is 2. The van der Waals surface area contributed by atoms with Crippen LogP contribution in [0, 0.1) is 25.2 Å². The van der Waals surface area contributed by atoms with Gasteiger partial charge in [0.25, 0.3) is 5.56 Å². The topological polar surface area (TPSA) is 58.2 Å². The van der Waals surface area contributed by atoms with Crippen LogP contribution in [0.2, 0.25) is 0 Å². The van der Waals surface area contributed by atoms with E-state index < -0.39 is 0 Å². The van der Waals surface area contributed by atoms with Crippen molar-refractivity contribution in [1.82, 2.24) is 14.9 Å². The van der Waals surface area contributed by atoms with Crippen molar-refractivity contribution in [2.75, 3.05) is 19.8 Å². The molecule has 3 aliphatic rings. The van der Waals surface area contributed by atoms with Gasteiger partial charge in [-0.2, -0.15) is 0 Å². The van der Waals surface area contributed by atoms with Crippen LogP contribution in [0.5, 0.6) is 0 Å². The Morgan fingerprint density at radius 3 is 2.70 bits per heavy atom. The number of nitrogens with zero attached hydrogens (tertiary/aromatic N) is 2. The maximum absolute atomic E-state index is 12.7. The van der Waals surface area contributed by atoms with Gasteiger partial charge in [-0.1, -0.05) is 6.42 Å². The van der Waals surface area contributed by atoms with Gasteiger partial charge in [-0.05, 0) is 63.4 Å². The maximum Gasteiger partial charge on any atom is 0.259 e. The smallest absolute Gasteiger partial charge is 0.259 e. The van der Waals surface area contributed by atoms with Gasteiger partial charge in [0.15, 0.2) is 0 Å². The van der Waals surface area contributed by atoms with Gasteiger partial charge in [0, 0.05) is 30.7 Å². The van der Waals surface area contributed by atoms with Gasteiger partial charge >= 0.3 is 0 Å². The Morgan fingerprint density at radius 1 is 1.30 bits per heavy atom. The van der Waals surface area contributed by atoms with Crippen LogP contribution in [0.1, 0.15) is 61.3 Å². The highest BCUT2D eigenvalue weighted by Crippen LogP contribution is 2.58. The summed E-state index contributed by atoms with van der Waals surface area (Å²) in [7, 11) is 0. The van der Waals surface area contributed by atoms with Gasteiger partial charge < -0.3 is 9.72 Å². The second-order valence-corrected chi connectivity index (χ2v) is 10.1. The van der Waals surface area contributed by atoms with E-state index in [1.807, 2.05) is 6.92 Å². The molecule has 5 rings (SSSR count). The minimum atomic E-state index is 0.0187. The van der Waals surface area contributed by atoms with Gasteiger partial charge in [0.2, 0.25) is 0 Å². The summed E-state index contributed by atoms with van der Waals surface area (Å²) in [5, 5.41) is 0.772. The van der Waals surface area contributed by atoms with Crippen LogP contribution in [-0.4, -0.2) is 40.7 Å². The zero-order valence-electron chi connectivity index (χ0n) is 16.5. The Bertz CT molecular complexity index is 923. The minimum Gasteiger partial charge on any atom is -0.381 e. The van der Waals surface area contributed by atoms with Crippen molar-refractivity contribution in [3.05, 3.63) is 26.6 Å². The molecule has 2 atom stereocenters. The van der Waals surface area contributed by atoms with Crippen LogP contribution in [0.25, 0.3) is 10.2 Å². The lowest BCUT2D eigenvalue weighted by Crippen LogP contribution is -2.70. The fourth-order valence-corrected chi connectivity index (χ4v) is 6.72. The molecular formula is C21H29N3O2S. The fraction of sp³-hybridized carbons (Fsp3) is 0.714. The Labute approximate surface area is 164 Å². The molecule has 2 aromatic rings. The number of nitrogens with one attached hydrogen (secondary N) is 1. The number of aromatic amines is 1. The lowest BCUT2D eigenvalue weighted by molar-refractivity contribution is -0.179. The molecule has 0 amide bonds. The predicted octanol–water partition coefficient (Wildman–Crippen LogP) is 3.94. The lowest BCUT2D eigenvalue weighted by Gasteiger charge is -2.66. The third kappa shape index (κ3) is 2.64. The van der Waals surface area contributed by atoms with E-state index in [0.29, 0.717) is 11.5 Å². The van der Waals surface area contributed by atoms with Crippen molar-refractivity contribution >= 4 is 21.6 Å². The molecule has 1 aliphatic carbocycles. The molecular weight excluding hydrogens is 358 g/mol. The Morgan fingerprint density at radius 2 is 2.04 bits per heavy atom. The monoisotopic (exact) mass is 387 g/mol. The Balaban J connectivity index is 1.47. The molecule has 1 spiro atoms. The molecule has 5 nitrogen and oxygen atoms in total. The molecule has 3 fully saturated rings. The molecule has 2 unspecified atom stereocenters. The first kappa shape index (κ1) is 17.8. The molecule has 146 valence electrons. The van der Waals surface area contributed by atoms with Crippen molar-refractivity contribution in [3.8, 4) is 0 Å². The van der Waals surface area contributed by atoms with Gasteiger partial charge in [-0.25, -0.2) is 4.98 Å². The van der Waals surface area contributed by atoms with Crippen molar-refractivity contribution < 1.29 is 4.74 Å². The van der Waals surface area contributed by atoms with Crippen molar-refractivity contribution in [2.24, 2.45) is 11.3 Å². The number of H-pyrrole nitrogens is 1. The van der Waals surface area contributed by atoms with Gasteiger partial charge in [0.05, 0.1) is 11.4 Å². The number of thiophene rings is 1. The summed E-state index contributed by atoms with van der Waals surface area (Å²) in [5.41, 5.74) is 1.61. The third-order valence-electron chi connectivity index (χ3n) is 7.49. The molecule has 2 aliphatic heterocycles. The van der Waals surface area contributed by atoms with E-state index in [4.69, 9.17) is 9.72 Å². The highest BCUT2D eigenvalue weighted by Gasteiger charge is 2.59. The average molecular weight is 388 g/mol. The van der Waals surface area contributed by atoms with Crippen LogP contribution >= 0.6 is 11.3 Å². The highest BCUT2D eigenvalue weighted by atomic mass is 32.1. The molecule has 1 N–H and O–H groups in total. The number of ether oxygens (including phenoxy) is 1. The third-order valence-corrected chi connectivity index (χ3v) is 8.60. The number of aryl methyl sites for hydroxylation is 2. The summed E-state index contributed by atoms with van der Waals surface area (Å²) in [5.74, 6) is 1.55. The Kier molecular flexibility index (Phi) is 4.22. The number of hydrogen-bond acceptors (Lipinski definition) is 5. The molecule has 0 radical (unpaired) electrons. The second kappa shape index (κ2) is 6.39. The Hall–Kier alpha value is -1.24. The van der Waals surface area contributed by atoms with Crippen LogP contribution in [0.15, 0.2) is 4.79 Å². The van der Waals surface area contributed by atoms with E-state index in [1.165, 1.54) is 37.0 Å². The molecule has 4 heterocycles. The average Bonchev–Trinajstić information content (AvgIpc) is 2.88. The minimum absolute atomic E-state index is 0.0187. The highest BCUT2D eigenvalue weighted by molar-refractivity contribution is 7.18. The van der Waals surface area contributed by atoms with Crippen LogP contribution in [0.3, 0.4) is 0 Å². The lowest BCUT2D eigenvalue weighted by atomic mass is 9.54.